The maximum atomic E-state index is 10.6. The molecular weight excluding hydrogens is 348 g/mol. The zero-order chi connectivity index (χ0) is 20.3. The van der Waals surface area contributed by atoms with Gasteiger partial charge < -0.3 is 10.2 Å². The van der Waals surface area contributed by atoms with Crippen molar-refractivity contribution in [1.29, 1.82) is 0 Å². The number of aromatic hydroxyl groups is 2. The molecule has 0 aliphatic heterocycles. The van der Waals surface area contributed by atoms with E-state index in [4.69, 9.17) is 0 Å². The van der Waals surface area contributed by atoms with Crippen molar-refractivity contribution in [2.24, 2.45) is 0 Å². The molecule has 0 radical (unpaired) electrons. The van der Waals surface area contributed by atoms with E-state index in [1.807, 2.05) is 70.2 Å². The molecule has 28 heavy (non-hydrogen) atoms. The number of hydrogen-bond donors (Lipinski definition) is 2. The minimum Gasteiger partial charge on any atom is -0.507 e. The molecule has 0 amide bonds. The summed E-state index contributed by atoms with van der Waals surface area (Å²) in [7, 11) is 0. The highest BCUT2D eigenvalue weighted by Crippen LogP contribution is 2.29. The summed E-state index contributed by atoms with van der Waals surface area (Å²) in [5, 5.41) is 21.1. The Morgan fingerprint density at radius 3 is 1.75 bits per heavy atom. The lowest BCUT2D eigenvalue weighted by Gasteiger charge is -2.24. The molecular formula is C24H28N2O2. The lowest BCUT2D eigenvalue weighted by molar-refractivity contribution is 0.238. The molecule has 146 valence electrons. The fourth-order valence-corrected chi connectivity index (χ4v) is 3.71. The minimum atomic E-state index is 0.335. The van der Waals surface area contributed by atoms with Gasteiger partial charge >= 0.3 is 0 Å². The van der Waals surface area contributed by atoms with Crippen LogP contribution in [0.4, 0.5) is 0 Å². The topological polar surface area (TPSA) is 56.6 Å². The van der Waals surface area contributed by atoms with Gasteiger partial charge in [0, 0.05) is 37.0 Å². The number of phenolic OH excluding ortho intramolecular Hbond substituents is 2. The predicted octanol–water partition coefficient (Wildman–Crippen LogP) is 4.93. The van der Waals surface area contributed by atoms with Crippen molar-refractivity contribution in [2.45, 2.75) is 47.3 Å². The quantitative estimate of drug-likeness (QED) is 0.640. The SMILES string of the molecule is Cc1cc(C)c(O)c(CN(Cc2ccccn2)Cc2cc(C)cc(C)c2O)c1. The molecule has 1 aromatic heterocycles. The number of hydrogen-bond acceptors (Lipinski definition) is 4. The van der Waals surface area contributed by atoms with Crippen molar-refractivity contribution in [3.05, 3.63) is 87.7 Å². The van der Waals surface area contributed by atoms with Gasteiger partial charge in [-0.15, -0.1) is 0 Å². The largest absolute Gasteiger partial charge is 0.507 e. The molecule has 4 nitrogen and oxygen atoms in total. The van der Waals surface area contributed by atoms with Gasteiger partial charge in [0.25, 0.3) is 0 Å². The summed E-state index contributed by atoms with van der Waals surface area (Å²) >= 11 is 0. The van der Waals surface area contributed by atoms with E-state index in [1.54, 1.807) is 6.20 Å². The maximum absolute atomic E-state index is 10.6. The highest BCUT2D eigenvalue weighted by Gasteiger charge is 2.16. The van der Waals surface area contributed by atoms with Crippen molar-refractivity contribution in [1.82, 2.24) is 9.88 Å². The van der Waals surface area contributed by atoms with Crippen LogP contribution in [0, 0.1) is 27.7 Å². The Kier molecular flexibility index (Phi) is 6.00. The maximum Gasteiger partial charge on any atom is 0.122 e. The Hall–Kier alpha value is -2.85. The van der Waals surface area contributed by atoms with Crippen molar-refractivity contribution < 1.29 is 10.2 Å². The zero-order valence-corrected chi connectivity index (χ0v) is 17.0. The average Bonchev–Trinajstić information content (AvgIpc) is 2.64. The second-order valence-electron chi connectivity index (χ2n) is 7.65. The summed E-state index contributed by atoms with van der Waals surface area (Å²) in [5.74, 6) is 0.669. The van der Waals surface area contributed by atoms with E-state index in [0.717, 1.165) is 39.1 Å². The van der Waals surface area contributed by atoms with Crippen LogP contribution < -0.4 is 0 Å². The summed E-state index contributed by atoms with van der Waals surface area (Å²) < 4.78 is 0. The standard InChI is InChI=1S/C24H28N2O2/c1-16-9-18(3)23(27)20(11-16)13-26(15-22-7-5-6-8-25-22)14-21-12-17(2)10-19(4)24(21)28/h5-12,27-28H,13-15H2,1-4H3. The summed E-state index contributed by atoms with van der Waals surface area (Å²) in [6.45, 7) is 9.67. The normalized spacial score (nSPS) is 11.2. The molecule has 0 aliphatic rings. The molecule has 3 aromatic rings. The molecule has 0 unspecified atom stereocenters. The summed E-state index contributed by atoms with van der Waals surface area (Å²) in [6, 6.07) is 13.9. The summed E-state index contributed by atoms with van der Waals surface area (Å²) in [6.07, 6.45) is 1.79. The number of aryl methyl sites for hydroxylation is 4. The Balaban J connectivity index is 1.94. The van der Waals surface area contributed by atoms with E-state index in [9.17, 15) is 10.2 Å². The molecule has 0 atom stereocenters. The number of aromatic nitrogens is 1. The first-order chi connectivity index (χ1) is 13.3. The first kappa shape index (κ1) is 19.9. The monoisotopic (exact) mass is 376 g/mol. The summed E-state index contributed by atoms with van der Waals surface area (Å²) in [4.78, 5) is 6.65. The van der Waals surface area contributed by atoms with Crippen LogP contribution in [0.2, 0.25) is 0 Å². The van der Waals surface area contributed by atoms with Crippen LogP contribution in [0.1, 0.15) is 39.1 Å². The van der Waals surface area contributed by atoms with Gasteiger partial charge in [-0.25, -0.2) is 0 Å². The fraction of sp³-hybridized carbons (Fsp3) is 0.292. The lowest BCUT2D eigenvalue weighted by atomic mass is 10.0. The molecule has 0 saturated carbocycles. The van der Waals surface area contributed by atoms with Gasteiger partial charge in [0.1, 0.15) is 11.5 Å². The predicted molar refractivity (Wildman–Crippen MR) is 112 cm³/mol. The van der Waals surface area contributed by atoms with Crippen molar-refractivity contribution in [3.8, 4) is 11.5 Å². The number of nitrogens with zero attached hydrogens (tertiary/aromatic N) is 2. The number of phenols is 2. The Morgan fingerprint density at radius 1 is 0.750 bits per heavy atom. The van der Waals surface area contributed by atoms with Crippen LogP contribution >= 0.6 is 0 Å². The second-order valence-corrected chi connectivity index (χ2v) is 7.65. The first-order valence-electron chi connectivity index (χ1n) is 9.54. The average molecular weight is 377 g/mol. The van der Waals surface area contributed by atoms with Gasteiger partial charge in [-0.1, -0.05) is 41.5 Å². The molecule has 0 bridgehead atoms. The van der Waals surface area contributed by atoms with Crippen LogP contribution in [-0.2, 0) is 19.6 Å². The van der Waals surface area contributed by atoms with E-state index in [0.29, 0.717) is 31.1 Å². The molecule has 1 heterocycles. The van der Waals surface area contributed by atoms with E-state index < -0.39 is 0 Å². The van der Waals surface area contributed by atoms with E-state index in [-0.39, 0.29) is 0 Å². The molecule has 0 spiro atoms. The van der Waals surface area contributed by atoms with Crippen molar-refractivity contribution in [3.63, 3.8) is 0 Å². The minimum absolute atomic E-state index is 0.335. The van der Waals surface area contributed by atoms with Crippen LogP contribution in [-0.4, -0.2) is 20.1 Å². The Labute approximate surface area is 167 Å². The third-order valence-corrected chi connectivity index (χ3v) is 4.95. The highest BCUT2D eigenvalue weighted by molar-refractivity contribution is 5.44. The van der Waals surface area contributed by atoms with Gasteiger partial charge in [-0.2, -0.15) is 0 Å². The van der Waals surface area contributed by atoms with Gasteiger partial charge in [-0.3, -0.25) is 9.88 Å². The smallest absolute Gasteiger partial charge is 0.122 e. The van der Waals surface area contributed by atoms with Gasteiger partial charge in [0.05, 0.1) is 5.69 Å². The van der Waals surface area contributed by atoms with Gasteiger partial charge in [0.2, 0.25) is 0 Å². The fourth-order valence-electron chi connectivity index (χ4n) is 3.71. The first-order valence-corrected chi connectivity index (χ1v) is 9.54. The van der Waals surface area contributed by atoms with Crippen molar-refractivity contribution in [2.75, 3.05) is 0 Å². The molecule has 2 N–H and O–H groups in total. The third-order valence-electron chi connectivity index (χ3n) is 4.95. The molecule has 2 aromatic carbocycles. The van der Waals surface area contributed by atoms with Crippen LogP contribution in [0.3, 0.4) is 0 Å². The van der Waals surface area contributed by atoms with Crippen LogP contribution in [0.15, 0.2) is 48.7 Å². The molecule has 4 heteroatoms. The molecule has 0 aliphatic carbocycles. The Bertz CT molecular complexity index is 909. The number of benzene rings is 2. The van der Waals surface area contributed by atoms with Gasteiger partial charge in [0.15, 0.2) is 0 Å². The highest BCUT2D eigenvalue weighted by atomic mass is 16.3. The summed E-state index contributed by atoms with van der Waals surface area (Å²) in [5.41, 5.74) is 6.73. The third kappa shape index (κ3) is 4.70. The molecule has 3 rings (SSSR count). The van der Waals surface area contributed by atoms with E-state index >= 15 is 0 Å². The van der Waals surface area contributed by atoms with Gasteiger partial charge in [-0.05, 0) is 51.0 Å². The van der Waals surface area contributed by atoms with E-state index in [2.05, 4.69) is 9.88 Å². The zero-order valence-electron chi connectivity index (χ0n) is 17.0. The molecule has 0 fully saturated rings. The number of rotatable bonds is 6. The molecule has 0 saturated heterocycles. The Morgan fingerprint density at radius 2 is 1.29 bits per heavy atom. The van der Waals surface area contributed by atoms with Crippen LogP contribution in [0.5, 0.6) is 11.5 Å². The van der Waals surface area contributed by atoms with E-state index in [1.165, 1.54) is 0 Å². The lowest BCUT2D eigenvalue weighted by Crippen LogP contribution is -2.23. The van der Waals surface area contributed by atoms with Crippen molar-refractivity contribution >= 4 is 0 Å². The number of pyridine rings is 1. The van der Waals surface area contributed by atoms with Crippen LogP contribution in [0.25, 0.3) is 0 Å². The second kappa shape index (κ2) is 8.44.